The molecule has 1 aromatic carbocycles. The Morgan fingerprint density at radius 3 is 2.92 bits per heavy atom. The third-order valence-electron chi connectivity index (χ3n) is 5.24. The van der Waals surface area contributed by atoms with E-state index in [2.05, 4.69) is 24.1 Å². The summed E-state index contributed by atoms with van der Waals surface area (Å²) in [6, 6.07) is 7.75. The molecule has 25 heavy (non-hydrogen) atoms. The van der Waals surface area contributed by atoms with Gasteiger partial charge in [-0.15, -0.1) is 0 Å². The highest BCUT2D eigenvalue weighted by Gasteiger charge is 2.28. The summed E-state index contributed by atoms with van der Waals surface area (Å²) < 4.78 is 6.85. The van der Waals surface area contributed by atoms with Gasteiger partial charge in [0.15, 0.2) is 6.61 Å². The van der Waals surface area contributed by atoms with Crippen molar-refractivity contribution in [3.05, 3.63) is 30.6 Å². The zero-order chi connectivity index (χ0) is 17.8. The molecular formula is C19H25N3O3. The summed E-state index contributed by atoms with van der Waals surface area (Å²) in [5.41, 5.74) is 1.70. The molecule has 1 fully saturated rings. The van der Waals surface area contributed by atoms with Crippen LogP contribution in [0.3, 0.4) is 0 Å². The summed E-state index contributed by atoms with van der Waals surface area (Å²) in [7, 11) is 0. The van der Waals surface area contributed by atoms with Crippen molar-refractivity contribution in [3.63, 3.8) is 0 Å². The van der Waals surface area contributed by atoms with Crippen LogP contribution in [-0.4, -0.2) is 34.1 Å². The Labute approximate surface area is 147 Å². The molecule has 6 nitrogen and oxygen atoms in total. The van der Waals surface area contributed by atoms with Crippen molar-refractivity contribution in [2.45, 2.75) is 45.7 Å². The minimum Gasteiger partial charge on any atom is -0.454 e. The number of nitrogens with one attached hydrogen (secondary N) is 1. The first-order chi connectivity index (χ1) is 12.0. The van der Waals surface area contributed by atoms with E-state index < -0.39 is 5.97 Å². The normalized spacial score (nSPS) is 23.4. The van der Waals surface area contributed by atoms with Crippen LogP contribution in [0.25, 0.3) is 11.0 Å². The van der Waals surface area contributed by atoms with Crippen molar-refractivity contribution >= 4 is 22.9 Å². The van der Waals surface area contributed by atoms with E-state index in [0.29, 0.717) is 11.8 Å². The fourth-order valence-electron chi connectivity index (χ4n) is 3.50. The van der Waals surface area contributed by atoms with Crippen LogP contribution in [0.2, 0.25) is 0 Å². The van der Waals surface area contributed by atoms with Gasteiger partial charge in [-0.2, -0.15) is 0 Å². The third-order valence-corrected chi connectivity index (χ3v) is 5.24. The highest BCUT2D eigenvalue weighted by molar-refractivity contribution is 5.82. The van der Waals surface area contributed by atoms with E-state index in [9.17, 15) is 9.59 Å². The number of para-hydroxylation sites is 2. The smallest absolute Gasteiger partial charge is 0.326 e. The van der Waals surface area contributed by atoms with Crippen LogP contribution in [0.4, 0.5) is 0 Å². The monoisotopic (exact) mass is 343 g/mol. The number of rotatable bonds is 5. The van der Waals surface area contributed by atoms with Gasteiger partial charge in [-0.1, -0.05) is 38.8 Å². The number of carbonyl (C=O) groups excluding carboxylic acids is 2. The van der Waals surface area contributed by atoms with Gasteiger partial charge in [0.05, 0.1) is 17.4 Å². The molecule has 3 unspecified atom stereocenters. The van der Waals surface area contributed by atoms with Crippen molar-refractivity contribution in [1.29, 1.82) is 0 Å². The largest absolute Gasteiger partial charge is 0.454 e. The second kappa shape index (κ2) is 7.68. The number of hydrogen-bond donors (Lipinski definition) is 1. The topological polar surface area (TPSA) is 73.2 Å². The zero-order valence-corrected chi connectivity index (χ0v) is 14.8. The molecule has 134 valence electrons. The molecule has 1 aliphatic carbocycles. The Hall–Kier alpha value is -2.37. The first-order valence-electron chi connectivity index (χ1n) is 8.89. The molecule has 2 aromatic rings. The highest BCUT2D eigenvalue weighted by atomic mass is 16.5. The molecule has 1 aromatic heterocycles. The fourth-order valence-corrected chi connectivity index (χ4v) is 3.50. The summed E-state index contributed by atoms with van der Waals surface area (Å²) in [6.07, 6.45) is 4.94. The van der Waals surface area contributed by atoms with Crippen molar-refractivity contribution in [3.8, 4) is 0 Å². The van der Waals surface area contributed by atoms with Crippen LogP contribution < -0.4 is 5.32 Å². The van der Waals surface area contributed by atoms with Gasteiger partial charge in [0, 0.05) is 6.04 Å². The summed E-state index contributed by atoms with van der Waals surface area (Å²) >= 11 is 0. The Kier molecular flexibility index (Phi) is 5.36. The third kappa shape index (κ3) is 4.18. The van der Waals surface area contributed by atoms with Crippen molar-refractivity contribution in [1.82, 2.24) is 14.9 Å². The molecule has 6 heteroatoms. The average molecular weight is 343 g/mol. The molecule has 1 amide bonds. The van der Waals surface area contributed by atoms with E-state index >= 15 is 0 Å². The predicted molar refractivity (Wildman–Crippen MR) is 94.8 cm³/mol. The molecule has 1 saturated carbocycles. The molecule has 0 spiro atoms. The van der Waals surface area contributed by atoms with Crippen molar-refractivity contribution in [2.24, 2.45) is 11.8 Å². The maximum absolute atomic E-state index is 12.1. The second-order valence-corrected chi connectivity index (χ2v) is 6.96. The summed E-state index contributed by atoms with van der Waals surface area (Å²) in [6.45, 7) is 4.21. The highest BCUT2D eigenvalue weighted by Crippen LogP contribution is 2.29. The van der Waals surface area contributed by atoms with Crippen LogP contribution in [0.1, 0.15) is 33.1 Å². The summed E-state index contributed by atoms with van der Waals surface area (Å²) in [4.78, 5) is 28.3. The number of carbonyl (C=O) groups is 2. The molecule has 3 rings (SSSR count). The van der Waals surface area contributed by atoms with E-state index in [1.165, 1.54) is 6.42 Å². The predicted octanol–water partition coefficient (Wildman–Crippen LogP) is 2.52. The van der Waals surface area contributed by atoms with Gasteiger partial charge in [0.2, 0.25) is 0 Å². The lowest BCUT2D eigenvalue weighted by molar-refractivity contribution is -0.149. The summed E-state index contributed by atoms with van der Waals surface area (Å²) in [5.74, 6) is 0.389. The lowest BCUT2D eigenvalue weighted by Gasteiger charge is -2.34. The fraction of sp³-hybridized carbons (Fsp3) is 0.526. The Morgan fingerprint density at radius 1 is 1.28 bits per heavy atom. The Morgan fingerprint density at radius 2 is 2.08 bits per heavy atom. The summed E-state index contributed by atoms with van der Waals surface area (Å²) in [5, 5.41) is 3.01. The van der Waals surface area contributed by atoms with E-state index in [4.69, 9.17) is 4.74 Å². The number of aromatic nitrogens is 2. The average Bonchev–Trinajstić information content (AvgIpc) is 3.00. The van der Waals surface area contributed by atoms with E-state index in [1.807, 2.05) is 24.3 Å². The van der Waals surface area contributed by atoms with Crippen LogP contribution in [0.15, 0.2) is 30.6 Å². The van der Waals surface area contributed by atoms with Gasteiger partial charge in [-0.25, -0.2) is 4.98 Å². The number of benzene rings is 1. The van der Waals surface area contributed by atoms with Crippen LogP contribution in [0.5, 0.6) is 0 Å². The maximum atomic E-state index is 12.1. The van der Waals surface area contributed by atoms with E-state index in [0.717, 1.165) is 23.9 Å². The molecular weight excluding hydrogens is 318 g/mol. The number of hydrogen-bond acceptors (Lipinski definition) is 4. The van der Waals surface area contributed by atoms with Crippen LogP contribution in [0, 0.1) is 11.8 Å². The molecule has 0 radical (unpaired) electrons. The van der Waals surface area contributed by atoms with Gasteiger partial charge in [-0.05, 0) is 30.4 Å². The Bertz CT molecular complexity index is 755. The standard InChI is InChI=1S/C19H25N3O3/c1-13-6-5-8-15(14(13)2)21-18(23)11-25-19(24)10-22-12-20-16-7-3-4-9-17(16)22/h3-4,7,9,12-15H,5-6,8,10-11H2,1-2H3,(H,21,23). The quantitative estimate of drug-likeness (QED) is 0.847. The minimum atomic E-state index is -0.441. The number of esters is 1. The second-order valence-electron chi connectivity index (χ2n) is 6.96. The molecule has 1 N–H and O–H groups in total. The lowest BCUT2D eigenvalue weighted by atomic mass is 9.78. The SMILES string of the molecule is CC1CCCC(NC(=O)COC(=O)Cn2cnc3ccccc32)C1C. The number of amides is 1. The van der Waals surface area contributed by atoms with Crippen LogP contribution >= 0.6 is 0 Å². The zero-order valence-electron chi connectivity index (χ0n) is 14.8. The van der Waals surface area contributed by atoms with Crippen LogP contribution in [-0.2, 0) is 20.9 Å². The van der Waals surface area contributed by atoms with Gasteiger partial charge in [0.1, 0.15) is 6.54 Å². The minimum absolute atomic E-state index is 0.0463. The van der Waals surface area contributed by atoms with Gasteiger partial charge in [-0.3, -0.25) is 9.59 Å². The molecule has 1 heterocycles. The van der Waals surface area contributed by atoms with Gasteiger partial charge >= 0.3 is 5.97 Å². The van der Waals surface area contributed by atoms with Gasteiger partial charge in [0.25, 0.3) is 5.91 Å². The number of nitrogens with zero attached hydrogens (tertiary/aromatic N) is 2. The first kappa shape index (κ1) is 17.5. The van der Waals surface area contributed by atoms with Crippen molar-refractivity contribution in [2.75, 3.05) is 6.61 Å². The number of fused-ring (bicyclic) bond motifs is 1. The molecule has 0 bridgehead atoms. The van der Waals surface area contributed by atoms with E-state index in [-0.39, 0.29) is 25.1 Å². The molecule has 0 aliphatic heterocycles. The molecule has 3 atom stereocenters. The van der Waals surface area contributed by atoms with E-state index in [1.54, 1.807) is 10.9 Å². The number of imidazole rings is 1. The lowest BCUT2D eigenvalue weighted by Crippen LogP contribution is -2.45. The maximum Gasteiger partial charge on any atom is 0.326 e. The molecule has 1 aliphatic rings. The van der Waals surface area contributed by atoms with Crippen molar-refractivity contribution < 1.29 is 14.3 Å². The molecule has 0 saturated heterocycles. The van der Waals surface area contributed by atoms with Gasteiger partial charge < -0.3 is 14.6 Å². The Balaban J connectivity index is 1.48. The first-order valence-corrected chi connectivity index (χ1v) is 8.89. The number of ether oxygens (including phenoxy) is 1.